The van der Waals surface area contributed by atoms with Gasteiger partial charge in [0.25, 0.3) is 0 Å². The van der Waals surface area contributed by atoms with Crippen LogP contribution in [0.1, 0.15) is 31.2 Å². The maximum Gasteiger partial charge on any atom is 0.226 e. The predicted molar refractivity (Wildman–Crippen MR) is 98.7 cm³/mol. The summed E-state index contributed by atoms with van der Waals surface area (Å²) in [7, 11) is 0. The van der Waals surface area contributed by atoms with Gasteiger partial charge in [-0.15, -0.1) is 0 Å². The summed E-state index contributed by atoms with van der Waals surface area (Å²) in [6.45, 7) is 5.18. The fraction of sp³-hybridized carbons (Fsp3) is 0.474. The minimum atomic E-state index is 0.741. The molecular formula is C19H25N5. The van der Waals surface area contributed by atoms with Gasteiger partial charge in [0, 0.05) is 38.8 Å². The van der Waals surface area contributed by atoms with Gasteiger partial charge in [0.2, 0.25) is 5.95 Å². The van der Waals surface area contributed by atoms with E-state index in [0.29, 0.717) is 0 Å². The normalized spacial score (nSPS) is 17.5. The van der Waals surface area contributed by atoms with E-state index in [1.807, 2.05) is 6.07 Å². The van der Waals surface area contributed by atoms with Crippen molar-refractivity contribution in [2.75, 3.05) is 41.3 Å². The summed E-state index contributed by atoms with van der Waals surface area (Å²) < 4.78 is 0. The molecule has 0 aliphatic carbocycles. The highest BCUT2D eigenvalue weighted by Gasteiger charge is 2.19. The highest BCUT2D eigenvalue weighted by atomic mass is 15.3. The second-order valence-corrected chi connectivity index (χ2v) is 6.64. The van der Waals surface area contributed by atoms with E-state index in [9.17, 15) is 0 Å². The molecule has 24 heavy (non-hydrogen) atoms. The first-order chi connectivity index (χ1) is 11.9. The lowest BCUT2D eigenvalue weighted by Gasteiger charge is -2.22. The van der Waals surface area contributed by atoms with Gasteiger partial charge in [-0.2, -0.15) is 9.97 Å². The molecule has 5 heteroatoms. The molecule has 0 radical (unpaired) electrons. The van der Waals surface area contributed by atoms with Crippen molar-refractivity contribution in [1.29, 1.82) is 0 Å². The Balaban J connectivity index is 1.56. The van der Waals surface area contributed by atoms with Gasteiger partial charge in [-0.25, -0.2) is 0 Å². The number of anilines is 3. The Kier molecular flexibility index (Phi) is 4.49. The standard InChI is InChI=1S/C19H25N5/c1-2-8-16(9-3-1)15-20-19-21-17(23-10-4-5-11-23)14-18(22-19)24-12-6-7-13-24/h1-3,8-9,14H,4-7,10-13,15H2,(H,20,21,22). The van der Waals surface area contributed by atoms with Crippen molar-refractivity contribution in [3.8, 4) is 0 Å². The Morgan fingerprint density at radius 3 is 1.88 bits per heavy atom. The van der Waals surface area contributed by atoms with Gasteiger partial charge >= 0.3 is 0 Å². The van der Waals surface area contributed by atoms with Crippen LogP contribution in [0, 0.1) is 0 Å². The van der Waals surface area contributed by atoms with Gasteiger partial charge < -0.3 is 15.1 Å². The number of rotatable bonds is 5. The zero-order valence-corrected chi connectivity index (χ0v) is 14.1. The summed E-state index contributed by atoms with van der Waals surface area (Å²) in [5.74, 6) is 2.88. The first-order valence-electron chi connectivity index (χ1n) is 9.05. The number of nitrogens with zero attached hydrogens (tertiary/aromatic N) is 4. The Bertz CT molecular complexity index is 626. The van der Waals surface area contributed by atoms with Gasteiger partial charge in [-0.05, 0) is 31.2 Å². The summed E-state index contributed by atoms with van der Waals surface area (Å²) >= 11 is 0. The molecule has 1 N–H and O–H groups in total. The zero-order chi connectivity index (χ0) is 16.2. The molecule has 0 spiro atoms. The lowest BCUT2D eigenvalue weighted by Crippen LogP contribution is -2.23. The van der Waals surface area contributed by atoms with Crippen LogP contribution in [0.4, 0.5) is 17.6 Å². The molecule has 4 rings (SSSR count). The monoisotopic (exact) mass is 323 g/mol. The maximum atomic E-state index is 4.78. The van der Waals surface area contributed by atoms with Crippen LogP contribution in [0.15, 0.2) is 36.4 Å². The van der Waals surface area contributed by atoms with Gasteiger partial charge in [0.15, 0.2) is 0 Å². The molecule has 2 aliphatic rings. The van der Waals surface area contributed by atoms with Crippen molar-refractivity contribution in [3.05, 3.63) is 42.0 Å². The van der Waals surface area contributed by atoms with E-state index in [1.165, 1.54) is 31.2 Å². The topological polar surface area (TPSA) is 44.3 Å². The molecule has 0 amide bonds. The molecule has 5 nitrogen and oxygen atoms in total. The van der Waals surface area contributed by atoms with Crippen molar-refractivity contribution < 1.29 is 0 Å². The van der Waals surface area contributed by atoms with Gasteiger partial charge in [-0.1, -0.05) is 30.3 Å². The van der Waals surface area contributed by atoms with Gasteiger partial charge in [0.05, 0.1) is 0 Å². The van der Waals surface area contributed by atoms with Gasteiger partial charge in [0.1, 0.15) is 11.6 Å². The second-order valence-electron chi connectivity index (χ2n) is 6.64. The average molecular weight is 323 g/mol. The molecular weight excluding hydrogens is 298 g/mol. The predicted octanol–water partition coefficient (Wildman–Crippen LogP) is 3.29. The van der Waals surface area contributed by atoms with Crippen LogP contribution in [0.3, 0.4) is 0 Å². The van der Waals surface area contributed by atoms with Crippen LogP contribution in [-0.2, 0) is 6.54 Å². The van der Waals surface area contributed by atoms with E-state index < -0.39 is 0 Å². The summed E-state index contributed by atoms with van der Waals surface area (Å²) in [6.07, 6.45) is 5.04. The highest BCUT2D eigenvalue weighted by Crippen LogP contribution is 2.26. The molecule has 1 aromatic heterocycles. The Hall–Kier alpha value is -2.30. The van der Waals surface area contributed by atoms with Crippen LogP contribution in [0.25, 0.3) is 0 Å². The van der Waals surface area contributed by atoms with E-state index >= 15 is 0 Å². The molecule has 1 aromatic carbocycles. The number of benzene rings is 1. The Morgan fingerprint density at radius 2 is 1.33 bits per heavy atom. The summed E-state index contributed by atoms with van der Waals surface area (Å²) in [4.78, 5) is 14.3. The highest BCUT2D eigenvalue weighted by molar-refractivity contribution is 5.55. The van der Waals surface area contributed by atoms with Crippen molar-refractivity contribution >= 4 is 17.6 Å². The van der Waals surface area contributed by atoms with Crippen molar-refractivity contribution in [2.45, 2.75) is 32.2 Å². The van der Waals surface area contributed by atoms with E-state index in [-0.39, 0.29) is 0 Å². The molecule has 2 aromatic rings. The Labute approximate surface area is 143 Å². The molecule has 2 aliphatic heterocycles. The largest absolute Gasteiger partial charge is 0.356 e. The SMILES string of the molecule is c1ccc(CNc2nc(N3CCCC3)cc(N3CCCC3)n2)cc1. The third kappa shape index (κ3) is 3.45. The lowest BCUT2D eigenvalue weighted by molar-refractivity contribution is 0.892. The summed E-state index contributed by atoms with van der Waals surface area (Å²) in [6, 6.07) is 12.6. The molecule has 0 unspecified atom stereocenters. The Morgan fingerprint density at radius 1 is 0.792 bits per heavy atom. The lowest BCUT2D eigenvalue weighted by atomic mass is 10.2. The molecule has 2 fully saturated rings. The third-order valence-electron chi connectivity index (χ3n) is 4.85. The number of nitrogens with one attached hydrogen (secondary N) is 1. The molecule has 0 saturated carbocycles. The average Bonchev–Trinajstić information content (AvgIpc) is 3.34. The first kappa shape index (κ1) is 15.2. The van der Waals surface area contributed by atoms with Gasteiger partial charge in [-0.3, -0.25) is 0 Å². The minimum absolute atomic E-state index is 0.741. The van der Waals surface area contributed by atoms with Crippen molar-refractivity contribution in [3.63, 3.8) is 0 Å². The van der Waals surface area contributed by atoms with E-state index in [0.717, 1.165) is 50.3 Å². The van der Waals surface area contributed by atoms with Crippen LogP contribution in [0.2, 0.25) is 0 Å². The number of hydrogen-bond donors (Lipinski definition) is 1. The van der Waals surface area contributed by atoms with Crippen molar-refractivity contribution in [1.82, 2.24) is 9.97 Å². The van der Waals surface area contributed by atoms with E-state index in [4.69, 9.17) is 9.97 Å². The minimum Gasteiger partial charge on any atom is -0.356 e. The van der Waals surface area contributed by atoms with Crippen molar-refractivity contribution in [2.24, 2.45) is 0 Å². The fourth-order valence-electron chi connectivity index (χ4n) is 3.49. The third-order valence-corrected chi connectivity index (χ3v) is 4.85. The molecule has 126 valence electrons. The van der Waals surface area contributed by atoms with Crippen LogP contribution < -0.4 is 15.1 Å². The van der Waals surface area contributed by atoms with Crippen LogP contribution in [0.5, 0.6) is 0 Å². The van der Waals surface area contributed by atoms with Crippen LogP contribution in [-0.4, -0.2) is 36.1 Å². The molecule has 0 atom stereocenters. The first-order valence-corrected chi connectivity index (χ1v) is 9.05. The maximum absolute atomic E-state index is 4.78. The summed E-state index contributed by atoms with van der Waals surface area (Å²) in [5, 5.41) is 3.41. The smallest absolute Gasteiger partial charge is 0.226 e. The molecule has 3 heterocycles. The van der Waals surface area contributed by atoms with E-state index in [2.05, 4.69) is 45.4 Å². The summed E-state index contributed by atoms with van der Waals surface area (Å²) in [5.41, 5.74) is 1.25. The van der Waals surface area contributed by atoms with E-state index in [1.54, 1.807) is 0 Å². The number of aromatic nitrogens is 2. The number of hydrogen-bond acceptors (Lipinski definition) is 5. The second kappa shape index (κ2) is 7.07. The zero-order valence-electron chi connectivity index (χ0n) is 14.1. The quantitative estimate of drug-likeness (QED) is 0.915. The molecule has 2 saturated heterocycles. The molecule has 0 bridgehead atoms. The fourth-order valence-corrected chi connectivity index (χ4v) is 3.49. The van der Waals surface area contributed by atoms with Crippen LogP contribution >= 0.6 is 0 Å².